The number of amides is 1. The van der Waals surface area contributed by atoms with Crippen molar-refractivity contribution in [3.05, 3.63) is 28.8 Å². The van der Waals surface area contributed by atoms with Crippen molar-refractivity contribution in [2.75, 3.05) is 25.0 Å². The zero-order valence-electron chi connectivity index (χ0n) is 12.4. The molecule has 3 nitrogen and oxygen atoms in total. The fourth-order valence-corrected chi connectivity index (χ4v) is 3.25. The molecule has 1 aliphatic heterocycles. The molecule has 1 amide bonds. The number of hydrogen-bond acceptors (Lipinski definition) is 2. The Bertz CT molecular complexity index is 503. The third kappa shape index (κ3) is 2.95. The zero-order valence-corrected chi connectivity index (χ0v) is 13.9. The summed E-state index contributed by atoms with van der Waals surface area (Å²) in [6.45, 7) is 7.60. The van der Waals surface area contributed by atoms with Crippen LogP contribution in [0.3, 0.4) is 0 Å². The van der Waals surface area contributed by atoms with Crippen molar-refractivity contribution >= 4 is 35.6 Å². The molecule has 1 aromatic rings. The van der Waals surface area contributed by atoms with E-state index in [0.717, 1.165) is 16.3 Å². The van der Waals surface area contributed by atoms with E-state index in [1.165, 1.54) is 0 Å². The van der Waals surface area contributed by atoms with Gasteiger partial charge in [-0.1, -0.05) is 38.4 Å². The number of benzene rings is 1. The third-order valence-electron chi connectivity index (χ3n) is 3.71. The van der Waals surface area contributed by atoms with Crippen molar-refractivity contribution < 1.29 is 4.79 Å². The quantitative estimate of drug-likeness (QED) is 0.928. The van der Waals surface area contributed by atoms with E-state index in [9.17, 15) is 4.79 Å². The number of anilines is 1. The largest absolute Gasteiger partial charge is 0.319 e. The van der Waals surface area contributed by atoms with E-state index < -0.39 is 0 Å². The van der Waals surface area contributed by atoms with E-state index in [0.29, 0.717) is 13.1 Å². The second-order valence-electron chi connectivity index (χ2n) is 5.90. The van der Waals surface area contributed by atoms with E-state index in [2.05, 4.69) is 19.2 Å². The molecule has 1 aliphatic rings. The molecule has 20 heavy (non-hydrogen) atoms. The highest BCUT2D eigenvalue weighted by molar-refractivity contribution is 6.32. The molecular weight excluding hydrogens is 295 g/mol. The second-order valence-corrected chi connectivity index (χ2v) is 6.31. The van der Waals surface area contributed by atoms with Crippen molar-refractivity contribution in [3.63, 3.8) is 0 Å². The monoisotopic (exact) mass is 316 g/mol. The third-order valence-corrected chi connectivity index (χ3v) is 4.03. The van der Waals surface area contributed by atoms with Crippen LogP contribution in [0.4, 0.5) is 5.69 Å². The van der Waals surface area contributed by atoms with Crippen LogP contribution in [-0.2, 0) is 10.2 Å². The molecule has 0 spiro atoms. The molecule has 1 N–H and O–H groups in total. The van der Waals surface area contributed by atoms with E-state index in [1.54, 1.807) is 0 Å². The molecule has 0 radical (unpaired) electrons. The maximum Gasteiger partial charge on any atom is 0.231 e. The summed E-state index contributed by atoms with van der Waals surface area (Å²) >= 11 is 6.31. The summed E-state index contributed by atoms with van der Waals surface area (Å²) in [4.78, 5) is 14.4. The number of fused-ring (bicyclic) bond motifs is 1. The molecule has 0 bridgehead atoms. The minimum Gasteiger partial charge on any atom is -0.319 e. The summed E-state index contributed by atoms with van der Waals surface area (Å²) < 4.78 is 0. The van der Waals surface area contributed by atoms with Crippen molar-refractivity contribution in [1.29, 1.82) is 0 Å². The van der Waals surface area contributed by atoms with Crippen LogP contribution < -0.4 is 10.2 Å². The Morgan fingerprint density at radius 1 is 1.50 bits per heavy atom. The Kier molecular flexibility index (Phi) is 5.47. The Balaban J connectivity index is 0.00000200. The van der Waals surface area contributed by atoms with Crippen LogP contribution in [0.15, 0.2) is 18.2 Å². The first kappa shape index (κ1) is 17.3. The first-order chi connectivity index (χ1) is 8.88. The lowest BCUT2D eigenvalue weighted by Crippen LogP contribution is -2.40. The van der Waals surface area contributed by atoms with Gasteiger partial charge in [0.1, 0.15) is 0 Å². The second kappa shape index (κ2) is 6.33. The Labute approximate surface area is 132 Å². The Morgan fingerprint density at radius 2 is 2.15 bits per heavy atom. The van der Waals surface area contributed by atoms with Crippen LogP contribution in [0.25, 0.3) is 0 Å². The first-order valence-electron chi connectivity index (χ1n) is 6.63. The minimum atomic E-state index is -0.0945. The van der Waals surface area contributed by atoms with Gasteiger partial charge in [-0.3, -0.25) is 4.79 Å². The summed E-state index contributed by atoms with van der Waals surface area (Å²) in [5, 5.41) is 3.80. The molecule has 1 heterocycles. The van der Waals surface area contributed by atoms with Crippen LogP contribution in [0, 0.1) is 5.92 Å². The van der Waals surface area contributed by atoms with Gasteiger partial charge in [0.05, 0.1) is 0 Å². The molecule has 0 saturated heterocycles. The average molecular weight is 317 g/mol. The zero-order chi connectivity index (χ0) is 14.2. The number of rotatable bonds is 3. The summed E-state index contributed by atoms with van der Waals surface area (Å²) in [7, 11) is 1.86. The van der Waals surface area contributed by atoms with Gasteiger partial charge < -0.3 is 10.2 Å². The smallest absolute Gasteiger partial charge is 0.231 e. The fraction of sp³-hybridized carbons (Fsp3) is 0.533. The molecule has 112 valence electrons. The maximum absolute atomic E-state index is 12.5. The van der Waals surface area contributed by atoms with Gasteiger partial charge in [0, 0.05) is 40.7 Å². The SMILES string of the molecule is CNCC(C)C(=O)N1CC(C)(C)c2c(Cl)cccc21.Cl. The summed E-state index contributed by atoms with van der Waals surface area (Å²) in [5.41, 5.74) is 1.95. The Hall–Kier alpha value is -0.770. The highest BCUT2D eigenvalue weighted by Gasteiger charge is 2.40. The van der Waals surface area contributed by atoms with Gasteiger partial charge >= 0.3 is 0 Å². The van der Waals surface area contributed by atoms with Crippen LogP contribution >= 0.6 is 24.0 Å². The van der Waals surface area contributed by atoms with Crippen LogP contribution in [0.1, 0.15) is 26.3 Å². The molecule has 5 heteroatoms. The van der Waals surface area contributed by atoms with Crippen LogP contribution in [-0.4, -0.2) is 26.0 Å². The lowest BCUT2D eigenvalue weighted by atomic mass is 9.87. The molecule has 1 unspecified atom stereocenters. The van der Waals surface area contributed by atoms with Crippen molar-refractivity contribution in [2.45, 2.75) is 26.2 Å². The van der Waals surface area contributed by atoms with E-state index in [-0.39, 0.29) is 29.6 Å². The lowest BCUT2D eigenvalue weighted by Gasteiger charge is -2.23. The predicted molar refractivity (Wildman–Crippen MR) is 87.2 cm³/mol. The van der Waals surface area contributed by atoms with Gasteiger partial charge in [0.25, 0.3) is 0 Å². The Morgan fingerprint density at radius 3 is 2.75 bits per heavy atom. The van der Waals surface area contributed by atoms with Crippen molar-refractivity contribution in [1.82, 2.24) is 5.32 Å². The predicted octanol–water partition coefficient (Wildman–Crippen LogP) is 3.24. The van der Waals surface area contributed by atoms with Gasteiger partial charge in [-0.25, -0.2) is 0 Å². The minimum absolute atomic E-state index is 0. The number of carbonyl (C=O) groups is 1. The maximum atomic E-state index is 12.5. The molecular formula is C15H22Cl2N2O. The number of carbonyl (C=O) groups excluding carboxylic acids is 1. The lowest BCUT2D eigenvalue weighted by molar-refractivity contribution is -0.121. The number of nitrogens with one attached hydrogen (secondary N) is 1. The molecule has 1 atom stereocenters. The molecule has 0 saturated carbocycles. The summed E-state index contributed by atoms with van der Waals surface area (Å²) in [6, 6.07) is 5.79. The van der Waals surface area contributed by atoms with Crippen molar-refractivity contribution in [3.8, 4) is 0 Å². The number of halogens is 2. The molecule has 2 rings (SSSR count). The standard InChI is InChI=1S/C15H21ClN2O.ClH/c1-10(8-17-4)14(19)18-9-15(2,3)13-11(16)6-5-7-12(13)18;/h5-7,10,17H,8-9H2,1-4H3;1H. The summed E-state index contributed by atoms with van der Waals surface area (Å²) in [5.74, 6) is 0.120. The van der Waals surface area contributed by atoms with E-state index in [4.69, 9.17) is 11.6 Å². The molecule has 0 aliphatic carbocycles. The van der Waals surface area contributed by atoms with Gasteiger partial charge in [0.15, 0.2) is 0 Å². The molecule has 0 aromatic heterocycles. The highest BCUT2D eigenvalue weighted by Crippen LogP contribution is 2.44. The van der Waals surface area contributed by atoms with Gasteiger partial charge in [-0.15, -0.1) is 12.4 Å². The summed E-state index contributed by atoms with van der Waals surface area (Å²) in [6.07, 6.45) is 0. The number of nitrogens with zero attached hydrogens (tertiary/aromatic N) is 1. The first-order valence-corrected chi connectivity index (χ1v) is 7.01. The molecule has 0 fully saturated rings. The van der Waals surface area contributed by atoms with Gasteiger partial charge in [0.2, 0.25) is 5.91 Å². The normalized spacial score (nSPS) is 17.4. The van der Waals surface area contributed by atoms with Gasteiger partial charge in [-0.05, 0) is 19.2 Å². The highest BCUT2D eigenvalue weighted by atomic mass is 35.5. The van der Waals surface area contributed by atoms with Crippen molar-refractivity contribution in [2.24, 2.45) is 5.92 Å². The fourth-order valence-electron chi connectivity index (χ4n) is 2.82. The van der Waals surface area contributed by atoms with E-state index >= 15 is 0 Å². The number of hydrogen-bond donors (Lipinski definition) is 1. The topological polar surface area (TPSA) is 32.3 Å². The van der Waals surface area contributed by atoms with Crippen LogP contribution in [0.2, 0.25) is 5.02 Å². The average Bonchev–Trinajstić information content (AvgIpc) is 2.62. The van der Waals surface area contributed by atoms with E-state index in [1.807, 2.05) is 37.1 Å². The van der Waals surface area contributed by atoms with Crippen LogP contribution in [0.5, 0.6) is 0 Å². The molecule has 1 aromatic carbocycles. The van der Waals surface area contributed by atoms with Gasteiger partial charge in [-0.2, -0.15) is 0 Å².